The van der Waals surface area contributed by atoms with Crippen molar-refractivity contribution >= 4 is 27.8 Å². The maximum atomic E-state index is 12.1. The molecule has 0 aromatic carbocycles. The minimum atomic E-state index is 0.238. The Morgan fingerprint density at radius 2 is 2.33 bits per heavy atom. The van der Waals surface area contributed by atoms with Gasteiger partial charge in [0.2, 0.25) is 0 Å². The zero-order valence-corrected chi connectivity index (χ0v) is 11.3. The van der Waals surface area contributed by atoms with Crippen LogP contribution in [0.25, 0.3) is 0 Å². The van der Waals surface area contributed by atoms with Crippen LogP contribution in [0.15, 0.2) is 6.07 Å². The second-order valence-electron chi connectivity index (χ2n) is 5.14. The molecule has 2 aliphatic rings. The summed E-state index contributed by atoms with van der Waals surface area (Å²) >= 11 is 1.54. The van der Waals surface area contributed by atoms with E-state index in [-0.39, 0.29) is 17.8 Å². The fourth-order valence-corrected chi connectivity index (χ4v) is 3.42. The topological polar surface area (TPSA) is 55.6 Å². The van der Waals surface area contributed by atoms with Gasteiger partial charge in [-0.1, -0.05) is 0 Å². The standard InChI is InChI=1S/C13H18N2O2S/c1-8-7-15(4-5-17-8)11-6-10(14)13(18-11)12(16)9-2-3-9/h6,8-9H,2-5,7,14H2,1H3. The molecule has 1 atom stereocenters. The quantitative estimate of drug-likeness (QED) is 0.852. The number of morpholine rings is 1. The summed E-state index contributed by atoms with van der Waals surface area (Å²) in [5.41, 5.74) is 6.63. The van der Waals surface area contributed by atoms with Gasteiger partial charge >= 0.3 is 0 Å². The Morgan fingerprint density at radius 3 is 3.00 bits per heavy atom. The second-order valence-corrected chi connectivity index (χ2v) is 6.17. The highest BCUT2D eigenvalue weighted by Crippen LogP contribution is 2.40. The van der Waals surface area contributed by atoms with Crippen LogP contribution in [0.3, 0.4) is 0 Å². The van der Waals surface area contributed by atoms with Gasteiger partial charge in [-0.15, -0.1) is 11.3 Å². The van der Waals surface area contributed by atoms with Gasteiger partial charge in [0.25, 0.3) is 0 Å². The zero-order valence-electron chi connectivity index (χ0n) is 10.5. The number of anilines is 2. The Morgan fingerprint density at radius 1 is 1.56 bits per heavy atom. The third-order valence-corrected chi connectivity index (χ3v) is 4.70. The van der Waals surface area contributed by atoms with Crippen molar-refractivity contribution in [2.75, 3.05) is 30.3 Å². The maximum Gasteiger partial charge on any atom is 0.178 e. The molecule has 2 heterocycles. The predicted octanol–water partition coefficient (Wildman–Crippen LogP) is 2.15. The molecule has 1 aromatic heterocycles. The number of rotatable bonds is 3. The summed E-state index contributed by atoms with van der Waals surface area (Å²) in [6.07, 6.45) is 2.30. The molecule has 1 saturated heterocycles. The number of ether oxygens (including phenoxy) is 1. The lowest BCUT2D eigenvalue weighted by atomic mass is 10.2. The molecule has 98 valence electrons. The van der Waals surface area contributed by atoms with Gasteiger partial charge in [-0.3, -0.25) is 4.79 Å². The first-order valence-corrected chi connectivity index (χ1v) is 7.27. The van der Waals surface area contributed by atoms with Crippen molar-refractivity contribution in [1.82, 2.24) is 0 Å². The van der Waals surface area contributed by atoms with Gasteiger partial charge in [-0.05, 0) is 25.8 Å². The van der Waals surface area contributed by atoms with Crippen molar-refractivity contribution in [2.45, 2.75) is 25.9 Å². The summed E-state index contributed by atoms with van der Waals surface area (Å²) < 4.78 is 5.53. The summed E-state index contributed by atoms with van der Waals surface area (Å²) in [4.78, 5) is 15.1. The van der Waals surface area contributed by atoms with Gasteiger partial charge < -0.3 is 15.4 Å². The predicted molar refractivity (Wildman–Crippen MR) is 73.4 cm³/mol. The second kappa shape index (κ2) is 4.55. The van der Waals surface area contributed by atoms with Gasteiger partial charge in [0.1, 0.15) is 0 Å². The number of hydrogen-bond acceptors (Lipinski definition) is 5. The van der Waals surface area contributed by atoms with Crippen molar-refractivity contribution in [1.29, 1.82) is 0 Å². The van der Waals surface area contributed by atoms with Crippen LogP contribution in [0.1, 0.15) is 29.4 Å². The number of Topliss-reactive ketones (excluding diaryl/α,β-unsaturated/α-hetero) is 1. The van der Waals surface area contributed by atoms with E-state index in [1.54, 1.807) is 11.3 Å². The van der Waals surface area contributed by atoms with Gasteiger partial charge in [-0.2, -0.15) is 0 Å². The number of carbonyl (C=O) groups excluding carboxylic acids is 1. The molecule has 0 bridgehead atoms. The van der Waals surface area contributed by atoms with Crippen LogP contribution >= 0.6 is 11.3 Å². The monoisotopic (exact) mass is 266 g/mol. The third-order valence-electron chi connectivity index (χ3n) is 3.47. The number of nitrogens with two attached hydrogens (primary N) is 1. The van der Waals surface area contributed by atoms with E-state index in [4.69, 9.17) is 10.5 Å². The van der Waals surface area contributed by atoms with Crippen LogP contribution in [-0.2, 0) is 4.74 Å². The highest BCUT2D eigenvalue weighted by molar-refractivity contribution is 7.18. The number of nitrogens with zero attached hydrogens (tertiary/aromatic N) is 1. The minimum absolute atomic E-state index is 0.238. The summed E-state index contributed by atoms with van der Waals surface area (Å²) in [5, 5.41) is 1.10. The number of ketones is 1. The van der Waals surface area contributed by atoms with Crippen LogP contribution in [0.4, 0.5) is 10.7 Å². The van der Waals surface area contributed by atoms with Crippen molar-refractivity contribution in [2.24, 2.45) is 5.92 Å². The average molecular weight is 266 g/mol. The van der Waals surface area contributed by atoms with Crippen LogP contribution in [0.2, 0.25) is 0 Å². The molecule has 1 aliphatic carbocycles. The first kappa shape index (κ1) is 12.0. The maximum absolute atomic E-state index is 12.1. The molecule has 1 aromatic rings. The van der Waals surface area contributed by atoms with E-state index in [1.807, 2.05) is 6.07 Å². The van der Waals surface area contributed by atoms with E-state index in [2.05, 4.69) is 11.8 Å². The Kier molecular flexibility index (Phi) is 3.03. The molecule has 1 saturated carbocycles. The molecular weight excluding hydrogens is 248 g/mol. The third kappa shape index (κ3) is 2.24. The minimum Gasteiger partial charge on any atom is -0.397 e. The summed E-state index contributed by atoms with van der Waals surface area (Å²) in [7, 11) is 0. The summed E-state index contributed by atoms with van der Waals surface area (Å²) in [6.45, 7) is 4.56. The lowest BCUT2D eigenvalue weighted by Crippen LogP contribution is -2.40. The van der Waals surface area contributed by atoms with Crippen LogP contribution in [0.5, 0.6) is 0 Å². The first-order chi connectivity index (χ1) is 8.65. The highest BCUT2D eigenvalue weighted by atomic mass is 32.1. The van der Waals surface area contributed by atoms with Gasteiger partial charge in [0, 0.05) is 19.0 Å². The molecule has 2 fully saturated rings. The lowest BCUT2D eigenvalue weighted by molar-refractivity contribution is 0.0534. The van der Waals surface area contributed by atoms with Crippen LogP contribution in [0, 0.1) is 5.92 Å². The smallest absolute Gasteiger partial charge is 0.178 e. The molecule has 0 spiro atoms. The van der Waals surface area contributed by atoms with Gasteiger partial charge in [0.15, 0.2) is 5.78 Å². The van der Waals surface area contributed by atoms with Crippen molar-refractivity contribution in [3.8, 4) is 0 Å². The zero-order chi connectivity index (χ0) is 12.7. The van der Waals surface area contributed by atoms with Crippen LogP contribution in [-0.4, -0.2) is 31.6 Å². The van der Waals surface area contributed by atoms with Crippen LogP contribution < -0.4 is 10.6 Å². The molecule has 1 aliphatic heterocycles. The molecule has 5 heteroatoms. The van der Waals surface area contributed by atoms with E-state index in [0.29, 0.717) is 5.69 Å². The normalized spacial score (nSPS) is 24.3. The van der Waals surface area contributed by atoms with E-state index in [1.165, 1.54) is 0 Å². The fourth-order valence-electron chi connectivity index (χ4n) is 2.29. The average Bonchev–Trinajstić information content (AvgIpc) is 3.12. The molecular formula is C13H18N2O2S. The Labute approximate surface area is 111 Å². The van der Waals surface area contributed by atoms with Crippen molar-refractivity contribution < 1.29 is 9.53 Å². The fraction of sp³-hybridized carbons (Fsp3) is 0.615. The lowest BCUT2D eigenvalue weighted by Gasteiger charge is -2.31. The number of carbonyl (C=O) groups is 1. The summed E-state index contributed by atoms with van der Waals surface area (Å²) in [6, 6.07) is 1.94. The molecule has 0 radical (unpaired) electrons. The van der Waals surface area contributed by atoms with Crippen molar-refractivity contribution in [3.63, 3.8) is 0 Å². The number of nitrogen functional groups attached to an aromatic ring is 1. The van der Waals surface area contributed by atoms with E-state index < -0.39 is 0 Å². The number of hydrogen-bond donors (Lipinski definition) is 1. The van der Waals surface area contributed by atoms with Gasteiger partial charge in [0.05, 0.1) is 28.3 Å². The van der Waals surface area contributed by atoms with Crippen molar-refractivity contribution in [3.05, 3.63) is 10.9 Å². The molecule has 1 unspecified atom stereocenters. The molecule has 0 amide bonds. The van der Waals surface area contributed by atoms with E-state index >= 15 is 0 Å². The van der Waals surface area contributed by atoms with E-state index in [9.17, 15) is 4.79 Å². The Balaban J connectivity index is 1.80. The van der Waals surface area contributed by atoms with Gasteiger partial charge in [-0.25, -0.2) is 0 Å². The largest absolute Gasteiger partial charge is 0.397 e. The molecule has 18 heavy (non-hydrogen) atoms. The Bertz CT molecular complexity index is 468. The number of thiophene rings is 1. The highest BCUT2D eigenvalue weighted by Gasteiger charge is 2.33. The Hall–Kier alpha value is -1.07. The summed E-state index contributed by atoms with van der Waals surface area (Å²) in [5.74, 6) is 0.479. The van der Waals surface area contributed by atoms with E-state index in [0.717, 1.165) is 42.4 Å². The molecule has 2 N–H and O–H groups in total. The molecule has 3 rings (SSSR count). The first-order valence-electron chi connectivity index (χ1n) is 6.45. The SMILES string of the molecule is CC1CN(c2cc(N)c(C(=O)C3CC3)s2)CCO1. The molecule has 4 nitrogen and oxygen atoms in total.